The van der Waals surface area contributed by atoms with Gasteiger partial charge in [0.1, 0.15) is 14.2 Å². The van der Waals surface area contributed by atoms with E-state index in [-0.39, 0.29) is 10.6 Å². The van der Waals surface area contributed by atoms with Gasteiger partial charge in [0.05, 0.1) is 4.92 Å². The first-order chi connectivity index (χ1) is 10.1. The van der Waals surface area contributed by atoms with Gasteiger partial charge in [-0.05, 0) is 18.2 Å². The zero-order valence-electron chi connectivity index (χ0n) is 12.4. The van der Waals surface area contributed by atoms with Gasteiger partial charge in [-0.2, -0.15) is 0 Å². The molecule has 1 heterocycles. The normalized spacial score (nSPS) is 10.6. The number of thioether (sulfide) groups is 1. The predicted octanol–water partition coefficient (Wildman–Crippen LogP) is 5.95. The van der Waals surface area contributed by atoms with E-state index in [1.807, 2.05) is 0 Å². The Kier molecular flexibility index (Phi) is 8.14. The van der Waals surface area contributed by atoms with Crippen molar-refractivity contribution in [3.8, 4) is 0 Å². The number of hydrogen-bond acceptors (Lipinski definition) is 5. The minimum absolute atomic E-state index is 0.127. The lowest BCUT2D eigenvalue weighted by Crippen LogP contribution is -2.26. The topological polar surface area (TPSA) is 46.4 Å². The van der Waals surface area contributed by atoms with Crippen molar-refractivity contribution in [2.24, 2.45) is 0 Å². The zero-order chi connectivity index (χ0) is 15.8. The highest BCUT2D eigenvalue weighted by Crippen LogP contribution is 2.50. The largest absolute Gasteiger partial charge is 0.364 e. The van der Waals surface area contributed by atoms with Crippen molar-refractivity contribution in [1.82, 2.24) is 0 Å². The number of hydrogen-bond donors (Lipinski definition) is 0. The van der Waals surface area contributed by atoms with Gasteiger partial charge in [-0.3, -0.25) is 10.1 Å². The average Bonchev–Trinajstić information content (AvgIpc) is 2.76. The van der Waals surface area contributed by atoms with Crippen molar-refractivity contribution >= 4 is 46.1 Å². The summed E-state index contributed by atoms with van der Waals surface area (Å²) in [5, 5.41) is 13.1. The molecular weight excluding hydrogens is 328 g/mol. The number of anilines is 1. The molecule has 0 saturated heterocycles. The van der Waals surface area contributed by atoms with E-state index in [0.717, 1.165) is 38.8 Å². The Morgan fingerprint density at radius 1 is 1.38 bits per heavy atom. The molecule has 0 aliphatic carbocycles. The van der Waals surface area contributed by atoms with Crippen molar-refractivity contribution in [3.63, 3.8) is 0 Å². The van der Waals surface area contributed by atoms with Gasteiger partial charge in [0.25, 0.3) is 0 Å². The predicted molar refractivity (Wildman–Crippen MR) is 94.1 cm³/mol. The Labute approximate surface area is 139 Å². The quantitative estimate of drug-likeness (QED) is 0.297. The summed E-state index contributed by atoms with van der Waals surface area (Å²) in [6, 6.07) is 0. The fourth-order valence-electron chi connectivity index (χ4n) is 1.99. The van der Waals surface area contributed by atoms with Crippen molar-refractivity contribution < 1.29 is 4.92 Å². The van der Waals surface area contributed by atoms with Crippen molar-refractivity contribution in [2.75, 3.05) is 18.0 Å². The fourth-order valence-corrected chi connectivity index (χ4v) is 4.40. The number of unbranched alkanes of at least 4 members (excludes halogenated alkanes) is 2. The first-order valence-electron chi connectivity index (χ1n) is 7.05. The Bertz CT molecular complexity index is 484. The van der Waals surface area contributed by atoms with Crippen LogP contribution in [0.1, 0.15) is 39.5 Å². The van der Waals surface area contributed by atoms with Crippen LogP contribution in [0.5, 0.6) is 0 Å². The van der Waals surface area contributed by atoms with E-state index < -0.39 is 0 Å². The molecule has 0 atom stereocenters. The summed E-state index contributed by atoms with van der Waals surface area (Å²) < 4.78 is 1.10. The molecule has 7 heteroatoms. The number of nitro groups is 1. The van der Waals surface area contributed by atoms with Crippen LogP contribution in [0.4, 0.5) is 11.4 Å². The molecule has 1 rings (SSSR count). The number of rotatable bonds is 10. The summed E-state index contributed by atoms with van der Waals surface area (Å²) in [6.45, 7) is 9.45. The Morgan fingerprint density at radius 3 is 2.38 bits per heavy atom. The van der Waals surface area contributed by atoms with Gasteiger partial charge in [-0.1, -0.05) is 56.6 Å². The van der Waals surface area contributed by atoms with Gasteiger partial charge < -0.3 is 4.90 Å². The van der Waals surface area contributed by atoms with Crippen molar-refractivity contribution in [3.05, 3.63) is 26.4 Å². The van der Waals surface area contributed by atoms with Crippen LogP contribution in [0.15, 0.2) is 16.2 Å². The fraction of sp³-hybridized carbons (Fsp3) is 0.571. The van der Waals surface area contributed by atoms with Gasteiger partial charge in [0.2, 0.25) is 0 Å². The van der Waals surface area contributed by atoms with Crippen LogP contribution in [0.2, 0.25) is 4.34 Å². The lowest BCUT2D eigenvalue weighted by molar-refractivity contribution is -0.386. The lowest BCUT2D eigenvalue weighted by atomic mass is 10.2. The van der Waals surface area contributed by atoms with E-state index in [1.165, 1.54) is 23.1 Å². The van der Waals surface area contributed by atoms with Crippen LogP contribution >= 0.6 is 34.7 Å². The molecule has 0 aliphatic rings. The first kappa shape index (κ1) is 18.3. The summed E-state index contributed by atoms with van der Waals surface area (Å²) in [5.41, 5.74) is 0.708. The maximum absolute atomic E-state index is 11.5. The van der Waals surface area contributed by atoms with Gasteiger partial charge >= 0.3 is 5.69 Å². The molecule has 4 nitrogen and oxygen atoms in total. The van der Waals surface area contributed by atoms with Crippen LogP contribution in [-0.4, -0.2) is 18.0 Å². The van der Waals surface area contributed by atoms with E-state index in [4.69, 9.17) is 11.6 Å². The van der Waals surface area contributed by atoms with E-state index in [0.29, 0.717) is 14.2 Å². The lowest BCUT2D eigenvalue weighted by Gasteiger charge is -2.23. The second-order valence-electron chi connectivity index (χ2n) is 4.60. The summed E-state index contributed by atoms with van der Waals surface area (Å²) in [7, 11) is 0. The molecule has 118 valence electrons. The standard InChI is InChI=1S/C14H21ClN2O2S2/c1-4-7-9-16(10-8-5-2)11-12(17(18)19)14(20-6-3)21-13(11)15/h6H,3-5,7-10H2,1-2H3. The molecule has 0 spiro atoms. The SMILES string of the molecule is C=CSc1sc(Cl)c(N(CCCC)CCCC)c1[N+](=O)[O-]. The third-order valence-electron chi connectivity index (χ3n) is 3.04. The first-order valence-corrected chi connectivity index (χ1v) is 9.13. The van der Waals surface area contributed by atoms with E-state index in [1.54, 1.807) is 5.41 Å². The second kappa shape index (κ2) is 9.33. The minimum Gasteiger partial charge on any atom is -0.364 e. The van der Waals surface area contributed by atoms with E-state index in [9.17, 15) is 10.1 Å². The highest BCUT2D eigenvalue weighted by Gasteiger charge is 2.30. The third kappa shape index (κ3) is 4.90. The maximum Gasteiger partial charge on any atom is 0.318 e. The van der Waals surface area contributed by atoms with Crippen molar-refractivity contribution in [2.45, 2.75) is 43.7 Å². The molecule has 0 N–H and O–H groups in total. The van der Waals surface area contributed by atoms with Gasteiger partial charge in [-0.15, -0.1) is 11.3 Å². The molecule has 0 fully saturated rings. The Morgan fingerprint density at radius 2 is 1.95 bits per heavy atom. The van der Waals surface area contributed by atoms with E-state index >= 15 is 0 Å². The second-order valence-corrected chi connectivity index (χ2v) is 7.45. The molecule has 1 aromatic rings. The van der Waals surface area contributed by atoms with Gasteiger partial charge in [0.15, 0.2) is 0 Å². The van der Waals surface area contributed by atoms with Crippen molar-refractivity contribution in [1.29, 1.82) is 0 Å². The molecule has 0 bridgehead atoms. The number of thiophene rings is 1. The maximum atomic E-state index is 11.5. The Hall–Kier alpha value is -0.720. The van der Waals surface area contributed by atoms with Crippen LogP contribution in [-0.2, 0) is 0 Å². The van der Waals surface area contributed by atoms with Crippen LogP contribution in [0.3, 0.4) is 0 Å². The van der Waals surface area contributed by atoms with Gasteiger partial charge in [0, 0.05) is 13.1 Å². The monoisotopic (exact) mass is 348 g/mol. The number of nitrogens with zero attached hydrogens (tertiary/aromatic N) is 2. The molecule has 0 amide bonds. The molecule has 0 unspecified atom stereocenters. The summed E-state index contributed by atoms with van der Waals surface area (Å²) in [6.07, 6.45) is 4.09. The third-order valence-corrected chi connectivity index (χ3v) is 5.31. The molecule has 0 saturated carbocycles. The molecule has 1 aromatic heterocycles. The Balaban J connectivity index is 3.20. The smallest absolute Gasteiger partial charge is 0.318 e. The zero-order valence-corrected chi connectivity index (χ0v) is 14.8. The van der Waals surface area contributed by atoms with Gasteiger partial charge in [-0.25, -0.2) is 0 Å². The molecule has 0 aliphatic heterocycles. The molecule has 21 heavy (non-hydrogen) atoms. The molecular formula is C14H21ClN2O2S2. The molecule has 0 radical (unpaired) electrons. The highest BCUT2D eigenvalue weighted by atomic mass is 35.5. The van der Waals surface area contributed by atoms with Crippen LogP contribution in [0, 0.1) is 10.1 Å². The number of halogens is 1. The minimum atomic E-state index is -0.325. The van der Waals surface area contributed by atoms with Crippen LogP contribution in [0.25, 0.3) is 0 Å². The summed E-state index contributed by atoms with van der Waals surface area (Å²) >= 11 is 8.83. The average molecular weight is 349 g/mol. The summed E-state index contributed by atoms with van der Waals surface area (Å²) in [4.78, 5) is 13.2. The highest BCUT2D eigenvalue weighted by molar-refractivity contribution is 8.04. The van der Waals surface area contributed by atoms with Crippen LogP contribution < -0.4 is 4.90 Å². The summed E-state index contributed by atoms with van der Waals surface area (Å²) in [5.74, 6) is 0. The van der Waals surface area contributed by atoms with E-state index in [2.05, 4.69) is 25.3 Å². The molecule has 0 aromatic carbocycles.